The van der Waals surface area contributed by atoms with Crippen molar-refractivity contribution in [3.8, 4) is 0 Å². The number of rotatable bonds is 3. The van der Waals surface area contributed by atoms with Gasteiger partial charge in [-0.2, -0.15) is 4.98 Å². The Labute approximate surface area is 112 Å². The third-order valence-electron chi connectivity index (χ3n) is 3.39. The monoisotopic (exact) mass is 268 g/mol. The van der Waals surface area contributed by atoms with Crippen molar-refractivity contribution in [2.24, 2.45) is 5.92 Å². The maximum atomic E-state index is 11.9. The van der Waals surface area contributed by atoms with Gasteiger partial charge in [-0.15, -0.1) is 0 Å². The minimum atomic E-state index is -0.432. The number of piperidine rings is 1. The molecule has 2 amide bonds. The fraction of sp³-hybridized carbons (Fsp3) is 0.750. The number of likely N-dealkylation sites (tertiary alicyclic amines) is 1. The van der Waals surface area contributed by atoms with Crippen LogP contribution in [-0.4, -0.2) is 51.9 Å². The van der Waals surface area contributed by atoms with Crippen LogP contribution in [0.1, 0.15) is 25.1 Å². The number of amides is 2. The van der Waals surface area contributed by atoms with Gasteiger partial charge in [0, 0.05) is 26.1 Å². The van der Waals surface area contributed by atoms with Crippen LogP contribution in [0.3, 0.4) is 0 Å². The van der Waals surface area contributed by atoms with Gasteiger partial charge in [-0.3, -0.25) is 0 Å². The van der Waals surface area contributed by atoms with E-state index in [0.717, 1.165) is 6.42 Å². The summed E-state index contributed by atoms with van der Waals surface area (Å²) in [5.74, 6) is 1.37. The molecule has 2 unspecified atom stereocenters. The SMILES string of the molecule is Cc1noc(CCNC(=O)N2CCC(C)C(O)C2)n1. The van der Waals surface area contributed by atoms with Crippen LogP contribution in [0, 0.1) is 12.8 Å². The van der Waals surface area contributed by atoms with Crippen molar-refractivity contribution in [2.75, 3.05) is 19.6 Å². The third kappa shape index (κ3) is 3.66. The second kappa shape index (κ2) is 6.01. The molecule has 7 nitrogen and oxygen atoms in total. The van der Waals surface area contributed by atoms with Gasteiger partial charge >= 0.3 is 6.03 Å². The van der Waals surface area contributed by atoms with Gasteiger partial charge in [0.15, 0.2) is 5.82 Å². The summed E-state index contributed by atoms with van der Waals surface area (Å²) >= 11 is 0. The molecule has 2 rings (SSSR count). The van der Waals surface area contributed by atoms with Crippen LogP contribution < -0.4 is 5.32 Å². The number of carbonyl (C=O) groups excluding carboxylic acids is 1. The highest BCUT2D eigenvalue weighted by molar-refractivity contribution is 5.74. The van der Waals surface area contributed by atoms with Crippen molar-refractivity contribution in [3.05, 3.63) is 11.7 Å². The van der Waals surface area contributed by atoms with Crippen LogP contribution in [0.4, 0.5) is 4.79 Å². The second-order valence-corrected chi connectivity index (χ2v) is 5.00. The van der Waals surface area contributed by atoms with Gasteiger partial charge in [0.2, 0.25) is 5.89 Å². The Morgan fingerprint density at radius 3 is 3.05 bits per heavy atom. The summed E-state index contributed by atoms with van der Waals surface area (Å²) in [5, 5.41) is 16.2. The highest BCUT2D eigenvalue weighted by atomic mass is 16.5. The smallest absolute Gasteiger partial charge is 0.317 e. The van der Waals surface area contributed by atoms with Crippen molar-refractivity contribution in [1.29, 1.82) is 0 Å². The zero-order valence-corrected chi connectivity index (χ0v) is 11.3. The topological polar surface area (TPSA) is 91.5 Å². The number of aryl methyl sites for hydroxylation is 1. The minimum absolute atomic E-state index is 0.151. The molecule has 7 heteroatoms. The molecule has 2 N–H and O–H groups in total. The van der Waals surface area contributed by atoms with Crippen LogP contribution in [-0.2, 0) is 6.42 Å². The Kier molecular flexibility index (Phi) is 4.36. The Hall–Kier alpha value is -1.63. The van der Waals surface area contributed by atoms with Crippen LogP contribution >= 0.6 is 0 Å². The van der Waals surface area contributed by atoms with Gasteiger partial charge in [0.05, 0.1) is 6.10 Å². The average molecular weight is 268 g/mol. The first kappa shape index (κ1) is 13.8. The third-order valence-corrected chi connectivity index (χ3v) is 3.39. The molecular formula is C12H20N4O3. The maximum Gasteiger partial charge on any atom is 0.317 e. The normalized spacial score (nSPS) is 23.4. The quantitative estimate of drug-likeness (QED) is 0.824. The van der Waals surface area contributed by atoms with Gasteiger partial charge in [-0.25, -0.2) is 4.79 Å². The molecule has 19 heavy (non-hydrogen) atoms. The predicted molar refractivity (Wildman–Crippen MR) is 67.5 cm³/mol. The predicted octanol–water partition coefficient (Wildman–Crippen LogP) is 0.333. The van der Waals surface area contributed by atoms with Crippen molar-refractivity contribution in [3.63, 3.8) is 0 Å². The molecule has 0 radical (unpaired) electrons. The first-order valence-electron chi connectivity index (χ1n) is 6.56. The fourth-order valence-electron chi connectivity index (χ4n) is 2.06. The number of aliphatic hydroxyl groups is 1. The fourth-order valence-corrected chi connectivity index (χ4v) is 2.06. The Morgan fingerprint density at radius 1 is 1.63 bits per heavy atom. The molecule has 2 heterocycles. The summed E-state index contributed by atoms with van der Waals surface area (Å²) in [6.45, 7) is 5.28. The number of urea groups is 1. The number of aromatic nitrogens is 2. The average Bonchev–Trinajstić information content (AvgIpc) is 2.78. The highest BCUT2D eigenvalue weighted by Gasteiger charge is 2.26. The molecule has 1 fully saturated rings. The van der Waals surface area contributed by atoms with Gasteiger partial charge in [-0.1, -0.05) is 12.1 Å². The van der Waals surface area contributed by atoms with E-state index in [4.69, 9.17) is 4.52 Å². The van der Waals surface area contributed by atoms with Gasteiger partial charge in [-0.05, 0) is 19.3 Å². The van der Waals surface area contributed by atoms with E-state index in [0.29, 0.717) is 37.8 Å². The van der Waals surface area contributed by atoms with Gasteiger partial charge in [0.1, 0.15) is 0 Å². The van der Waals surface area contributed by atoms with Crippen molar-refractivity contribution in [1.82, 2.24) is 20.4 Å². The van der Waals surface area contributed by atoms with E-state index in [1.165, 1.54) is 0 Å². The molecule has 1 aliphatic heterocycles. The van der Waals surface area contributed by atoms with Crippen LogP contribution in [0.5, 0.6) is 0 Å². The molecule has 1 aliphatic rings. The van der Waals surface area contributed by atoms with E-state index in [2.05, 4.69) is 15.5 Å². The molecule has 2 atom stereocenters. The van der Waals surface area contributed by atoms with E-state index < -0.39 is 6.10 Å². The number of aliphatic hydroxyl groups excluding tert-OH is 1. The molecule has 1 aromatic heterocycles. The van der Waals surface area contributed by atoms with E-state index in [1.807, 2.05) is 6.92 Å². The van der Waals surface area contributed by atoms with Gasteiger partial charge < -0.3 is 19.8 Å². The summed E-state index contributed by atoms with van der Waals surface area (Å²) in [6, 6.07) is -0.151. The number of hydrogen-bond donors (Lipinski definition) is 2. The summed E-state index contributed by atoms with van der Waals surface area (Å²) in [5.41, 5.74) is 0. The van der Waals surface area contributed by atoms with Crippen molar-refractivity contribution < 1.29 is 14.4 Å². The lowest BCUT2D eigenvalue weighted by molar-refractivity contribution is 0.0436. The number of carbonyl (C=O) groups is 1. The Bertz CT molecular complexity index is 434. The number of nitrogens with one attached hydrogen (secondary N) is 1. The van der Waals surface area contributed by atoms with E-state index in [-0.39, 0.29) is 11.9 Å². The van der Waals surface area contributed by atoms with Crippen molar-refractivity contribution >= 4 is 6.03 Å². The lowest BCUT2D eigenvalue weighted by atomic mass is 9.96. The van der Waals surface area contributed by atoms with E-state index >= 15 is 0 Å². The van der Waals surface area contributed by atoms with E-state index in [9.17, 15) is 9.90 Å². The molecule has 0 saturated carbocycles. The maximum absolute atomic E-state index is 11.9. The zero-order chi connectivity index (χ0) is 13.8. The van der Waals surface area contributed by atoms with Crippen LogP contribution in [0.2, 0.25) is 0 Å². The molecule has 0 bridgehead atoms. The van der Waals surface area contributed by atoms with E-state index in [1.54, 1.807) is 11.8 Å². The summed E-state index contributed by atoms with van der Waals surface area (Å²) in [6.07, 6.45) is 0.912. The first-order valence-corrected chi connectivity index (χ1v) is 6.56. The molecular weight excluding hydrogens is 248 g/mol. The lowest BCUT2D eigenvalue weighted by Gasteiger charge is -2.34. The Morgan fingerprint density at radius 2 is 2.42 bits per heavy atom. The standard InChI is InChI=1S/C12H20N4O3/c1-8-4-6-16(7-10(8)17)12(18)13-5-3-11-14-9(2)15-19-11/h8,10,17H,3-7H2,1-2H3,(H,13,18). The molecule has 0 aromatic carbocycles. The summed E-state index contributed by atoms with van der Waals surface area (Å²) in [7, 11) is 0. The number of hydrogen-bond acceptors (Lipinski definition) is 5. The molecule has 1 saturated heterocycles. The summed E-state index contributed by atoms with van der Waals surface area (Å²) in [4.78, 5) is 17.6. The molecule has 106 valence electrons. The molecule has 1 aromatic rings. The Balaban J connectivity index is 1.72. The minimum Gasteiger partial charge on any atom is -0.391 e. The van der Waals surface area contributed by atoms with Crippen LogP contribution in [0.25, 0.3) is 0 Å². The molecule has 0 aliphatic carbocycles. The first-order chi connectivity index (χ1) is 9.06. The van der Waals surface area contributed by atoms with Crippen LogP contribution in [0.15, 0.2) is 4.52 Å². The number of nitrogens with zero attached hydrogens (tertiary/aromatic N) is 3. The highest BCUT2D eigenvalue weighted by Crippen LogP contribution is 2.16. The second-order valence-electron chi connectivity index (χ2n) is 5.00. The van der Waals surface area contributed by atoms with Gasteiger partial charge in [0.25, 0.3) is 0 Å². The van der Waals surface area contributed by atoms with Crippen molar-refractivity contribution in [2.45, 2.75) is 32.8 Å². The zero-order valence-electron chi connectivity index (χ0n) is 11.3. The summed E-state index contributed by atoms with van der Waals surface area (Å²) < 4.78 is 4.96. The largest absolute Gasteiger partial charge is 0.391 e. The number of β-amino-alcohol motifs (C(OH)–C–C–N with tert-alkyl or cyclic N) is 1. The molecule has 0 spiro atoms. The lowest BCUT2D eigenvalue weighted by Crippen LogP contribution is -2.49.